The molecular weight excluding hydrogens is 366 g/mol. The Labute approximate surface area is 162 Å². The summed E-state index contributed by atoms with van der Waals surface area (Å²) in [6, 6.07) is 16.9. The maximum absolute atomic E-state index is 12.6. The molecule has 0 aromatic heterocycles. The van der Waals surface area contributed by atoms with E-state index in [4.69, 9.17) is 4.74 Å². The summed E-state index contributed by atoms with van der Waals surface area (Å²) in [6.07, 6.45) is -0.0690. The standard InChI is InChI=1S/C20H21NO3S2/c1-24-17-9-5-6-10-18(17)26-14-20-21(11-12-25-20)19(23)13-16(22)15-7-3-2-4-8-15/h2-10,20H,11-14H2,1H3/t20-/m0/s1. The van der Waals surface area contributed by atoms with Crippen molar-refractivity contribution in [3.63, 3.8) is 0 Å². The maximum atomic E-state index is 12.6. The summed E-state index contributed by atoms with van der Waals surface area (Å²) in [4.78, 5) is 27.8. The second-order valence-corrected chi connectivity index (χ2v) is 8.19. The Morgan fingerprint density at radius 3 is 2.65 bits per heavy atom. The number of nitrogens with zero attached hydrogens (tertiary/aromatic N) is 1. The molecule has 1 aliphatic heterocycles. The minimum absolute atomic E-state index is 0.0690. The first-order chi connectivity index (χ1) is 12.7. The van der Waals surface area contributed by atoms with Gasteiger partial charge in [0.05, 0.1) is 18.9 Å². The van der Waals surface area contributed by atoms with Gasteiger partial charge in [-0.3, -0.25) is 9.59 Å². The van der Waals surface area contributed by atoms with Crippen LogP contribution in [0.2, 0.25) is 0 Å². The van der Waals surface area contributed by atoms with E-state index in [1.54, 1.807) is 42.8 Å². The molecule has 0 N–H and O–H groups in total. The van der Waals surface area contributed by atoms with Crippen molar-refractivity contribution in [3.05, 3.63) is 60.2 Å². The maximum Gasteiger partial charge on any atom is 0.231 e. The molecule has 0 unspecified atom stereocenters. The van der Waals surface area contributed by atoms with Crippen LogP contribution < -0.4 is 4.74 Å². The largest absolute Gasteiger partial charge is 0.496 e. The van der Waals surface area contributed by atoms with E-state index >= 15 is 0 Å². The second kappa shape index (κ2) is 9.14. The van der Waals surface area contributed by atoms with E-state index in [0.717, 1.165) is 22.2 Å². The predicted octanol–water partition coefficient (Wildman–Crippen LogP) is 3.96. The highest BCUT2D eigenvalue weighted by atomic mass is 32.2. The smallest absolute Gasteiger partial charge is 0.231 e. The number of Topliss-reactive ketones (excluding diaryl/α,β-unsaturated/α-hetero) is 1. The number of carbonyl (C=O) groups is 2. The van der Waals surface area contributed by atoms with E-state index in [1.807, 2.05) is 47.4 Å². The molecule has 3 rings (SSSR count). The normalized spacial score (nSPS) is 16.5. The van der Waals surface area contributed by atoms with Crippen LogP contribution in [0.15, 0.2) is 59.5 Å². The topological polar surface area (TPSA) is 46.6 Å². The Balaban J connectivity index is 1.59. The number of benzene rings is 2. The molecule has 1 atom stereocenters. The van der Waals surface area contributed by atoms with Crippen LogP contribution >= 0.6 is 23.5 Å². The number of hydrogen-bond donors (Lipinski definition) is 0. The van der Waals surface area contributed by atoms with Crippen LogP contribution in [0.4, 0.5) is 0 Å². The number of carbonyl (C=O) groups excluding carboxylic acids is 2. The third kappa shape index (κ3) is 4.62. The van der Waals surface area contributed by atoms with Crippen molar-refractivity contribution in [1.29, 1.82) is 0 Å². The summed E-state index contributed by atoms with van der Waals surface area (Å²) in [6.45, 7) is 0.697. The highest BCUT2D eigenvalue weighted by molar-refractivity contribution is 8.03. The van der Waals surface area contributed by atoms with Gasteiger partial charge in [0.1, 0.15) is 5.75 Å². The van der Waals surface area contributed by atoms with Crippen molar-refractivity contribution >= 4 is 35.2 Å². The molecule has 1 amide bonds. The minimum Gasteiger partial charge on any atom is -0.496 e. The van der Waals surface area contributed by atoms with Gasteiger partial charge in [-0.25, -0.2) is 0 Å². The van der Waals surface area contributed by atoms with Gasteiger partial charge in [0, 0.05) is 28.5 Å². The van der Waals surface area contributed by atoms with Crippen molar-refractivity contribution in [2.24, 2.45) is 0 Å². The number of ketones is 1. The second-order valence-electron chi connectivity index (χ2n) is 5.84. The van der Waals surface area contributed by atoms with Crippen LogP contribution in [-0.4, -0.2) is 47.1 Å². The molecule has 2 aromatic carbocycles. The Morgan fingerprint density at radius 2 is 1.88 bits per heavy atom. The number of hydrogen-bond acceptors (Lipinski definition) is 5. The molecule has 4 nitrogen and oxygen atoms in total. The zero-order valence-corrected chi connectivity index (χ0v) is 16.2. The molecule has 0 radical (unpaired) electrons. The number of para-hydroxylation sites is 1. The van der Waals surface area contributed by atoms with Gasteiger partial charge in [-0.05, 0) is 12.1 Å². The molecule has 1 heterocycles. The monoisotopic (exact) mass is 387 g/mol. The Morgan fingerprint density at radius 1 is 1.15 bits per heavy atom. The average Bonchev–Trinajstić information content (AvgIpc) is 3.16. The van der Waals surface area contributed by atoms with Crippen LogP contribution in [0.3, 0.4) is 0 Å². The zero-order chi connectivity index (χ0) is 18.4. The van der Waals surface area contributed by atoms with Crippen LogP contribution in [0, 0.1) is 0 Å². The Hall–Kier alpha value is -1.92. The number of rotatable bonds is 7. The molecule has 26 heavy (non-hydrogen) atoms. The van der Waals surface area contributed by atoms with Gasteiger partial charge in [-0.15, -0.1) is 23.5 Å². The first kappa shape index (κ1) is 18.9. The molecule has 0 spiro atoms. The third-order valence-electron chi connectivity index (χ3n) is 4.17. The van der Waals surface area contributed by atoms with E-state index in [2.05, 4.69) is 0 Å². The fourth-order valence-corrected chi connectivity index (χ4v) is 5.35. The highest BCUT2D eigenvalue weighted by Crippen LogP contribution is 2.34. The van der Waals surface area contributed by atoms with Crippen LogP contribution in [-0.2, 0) is 4.79 Å². The molecule has 1 saturated heterocycles. The lowest BCUT2D eigenvalue weighted by atomic mass is 10.1. The van der Waals surface area contributed by atoms with Crippen LogP contribution in [0.1, 0.15) is 16.8 Å². The molecule has 136 valence electrons. The van der Waals surface area contributed by atoms with Gasteiger partial charge in [0.25, 0.3) is 0 Å². The summed E-state index contributed by atoms with van der Waals surface area (Å²) < 4.78 is 5.38. The fourth-order valence-electron chi connectivity index (χ4n) is 2.81. The highest BCUT2D eigenvalue weighted by Gasteiger charge is 2.30. The number of ether oxygens (including phenoxy) is 1. The van der Waals surface area contributed by atoms with E-state index in [9.17, 15) is 9.59 Å². The fraction of sp³-hybridized carbons (Fsp3) is 0.300. The summed E-state index contributed by atoms with van der Waals surface area (Å²) in [7, 11) is 1.66. The van der Waals surface area contributed by atoms with Crippen molar-refractivity contribution in [2.45, 2.75) is 16.7 Å². The van der Waals surface area contributed by atoms with E-state index in [1.165, 1.54) is 0 Å². The first-order valence-electron chi connectivity index (χ1n) is 8.44. The van der Waals surface area contributed by atoms with Gasteiger partial charge in [0.2, 0.25) is 5.91 Å². The van der Waals surface area contributed by atoms with Gasteiger partial charge in [-0.2, -0.15) is 0 Å². The van der Waals surface area contributed by atoms with Crippen LogP contribution in [0.25, 0.3) is 0 Å². The Kier molecular flexibility index (Phi) is 6.63. The van der Waals surface area contributed by atoms with Crippen LogP contribution in [0.5, 0.6) is 5.75 Å². The zero-order valence-electron chi connectivity index (χ0n) is 14.6. The van der Waals surface area contributed by atoms with Gasteiger partial charge < -0.3 is 9.64 Å². The SMILES string of the molecule is COc1ccccc1SC[C@@H]1SCCN1C(=O)CC(=O)c1ccccc1. The van der Waals surface area contributed by atoms with Crippen molar-refractivity contribution in [2.75, 3.05) is 25.2 Å². The summed E-state index contributed by atoms with van der Waals surface area (Å²) in [5.74, 6) is 2.31. The lowest BCUT2D eigenvalue weighted by molar-refractivity contribution is -0.129. The van der Waals surface area contributed by atoms with E-state index < -0.39 is 0 Å². The van der Waals surface area contributed by atoms with E-state index in [-0.39, 0.29) is 23.5 Å². The average molecular weight is 388 g/mol. The molecule has 0 bridgehead atoms. The molecule has 1 fully saturated rings. The minimum atomic E-state index is -0.122. The molecule has 6 heteroatoms. The van der Waals surface area contributed by atoms with E-state index in [0.29, 0.717) is 12.1 Å². The van der Waals surface area contributed by atoms with Crippen molar-refractivity contribution in [1.82, 2.24) is 4.90 Å². The number of amides is 1. The molecular formula is C20H21NO3S2. The lowest BCUT2D eigenvalue weighted by Gasteiger charge is -2.23. The lowest BCUT2D eigenvalue weighted by Crippen LogP contribution is -2.37. The quantitative estimate of drug-likeness (QED) is 0.409. The first-order valence-corrected chi connectivity index (χ1v) is 10.5. The molecule has 1 aliphatic rings. The summed E-state index contributed by atoms with van der Waals surface area (Å²) in [5, 5.41) is 0.0842. The van der Waals surface area contributed by atoms with Crippen molar-refractivity contribution < 1.29 is 14.3 Å². The van der Waals surface area contributed by atoms with Crippen molar-refractivity contribution in [3.8, 4) is 5.75 Å². The van der Waals surface area contributed by atoms with Gasteiger partial charge in [0.15, 0.2) is 5.78 Å². The molecule has 0 aliphatic carbocycles. The predicted molar refractivity (Wildman–Crippen MR) is 107 cm³/mol. The molecule has 2 aromatic rings. The Bertz CT molecular complexity index is 767. The number of methoxy groups -OCH3 is 1. The van der Waals surface area contributed by atoms with Gasteiger partial charge in [-0.1, -0.05) is 42.5 Å². The summed E-state index contributed by atoms with van der Waals surface area (Å²) in [5.41, 5.74) is 0.590. The molecule has 0 saturated carbocycles. The van der Waals surface area contributed by atoms with Gasteiger partial charge >= 0.3 is 0 Å². The number of thioether (sulfide) groups is 2. The third-order valence-corrected chi connectivity index (χ3v) is 6.73. The summed E-state index contributed by atoms with van der Waals surface area (Å²) >= 11 is 3.45.